The van der Waals surface area contributed by atoms with Crippen LogP contribution in [0.2, 0.25) is 0 Å². The van der Waals surface area contributed by atoms with Gasteiger partial charge in [0.2, 0.25) is 0 Å². The highest BCUT2D eigenvalue weighted by Gasteiger charge is 2.79. The topological polar surface area (TPSA) is 212 Å². The lowest BCUT2D eigenvalue weighted by Gasteiger charge is -2.71. The second kappa shape index (κ2) is 17.0. The molecule has 1 aromatic rings. The van der Waals surface area contributed by atoms with Crippen LogP contribution in [-0.2, 0) is 52.3 Å². The Labute approximate surface area is 362 Å². The number of amides is 1. The van der Waals surface area contributed by atoms with Crippen LogP contribution >= 0.6 is 0 Å². The summed E-state index contributed by atoms with van der Waals surface area (Å²) in [6.07, 6.45) is -9.36. The number of nitrogens with one attached hydrogen (secondary N) is 1. The van der Waals surface area contributed by atoms with Crippen LogP contribution in [0, 0.1) is 22.7 Å². The maximum atomic E-state index is 14.4. The molecule has 13 atom stereocenters. The van der Waals surface area contributed by atoms with E-state index in [9.17, 15) is 34.2 Å². The van der Waals surface area contributed by atoms with E-state index in [0.29, 0.717) is 11.1 Å². The van der Waals surface area contributed by atoms with Crippen LogP contribution < -0.4 is 5.32 Å². The third-order valence-corrected chi connectivity index (χ3v) is 13.4. The fourth-order valence-corrected chi connectivity index (χ4v) is 10.7. The molecule has 2 bridgehead atoms. The average Bonchev–Trinajstić information content (AvgIpc) is 3.15. The van der Waals surface area contributed by atoms with Crippen molar-refractivity contribution >= 4 is 30.0 Å². The molecule has 6 rings (SSSR count). The molecular formula is C46H63NO15. The maximum absolute atomic E-state index is 14.4. The molecule has 0 aromatic heterocycles. The van der Waals surface area contributed by atoms with E-state index in [1.807, 2.05) is 20.8 Å². The van der Waals surface area contributed by atoms with Gasteiger partial charge in [-0.1, -0.05) is 59.4 Å². The van der Waals surface area contributed by atoms with Crippen molar-refractivity contribution < 1.29 is 72.1 Å². The number of fused-ring (bicyclic) bond motifs is 4. The molecule has 5 aliphatic rings. The largest absolute Gasteiger partial charge is 0.456 e. The molecule has 4 fully saturated rings. The van der Waals surface area contributed by atoms with Crippen molar-refractivity contribution in [2.24, 2.45) is 22.7 Å². The summed E-state index contributed by atoms with van der Waals surface area (Å²) in [5.74, 6) is -4.57. The summed E-state index contributed by atoms with van der Waals surface area (Å²) in [4.78, 5) is 68.1. The Morgan fingerprint density at radius 1 is 0.984 bits per heavy atom. The number of rotatable bonds is 11. The van der Waals surface area contributed by atoms with Crippen molar-refractivity contribution in [2.45, 2.75) is 167 Å². The quantitative estimate of drug-likeness (QED) is 0.154. The molecule has 62 heavy (non-hydrogen) atoms. The predicted octanol–water partition coefficient (Wildman–Crippen LogP) is 4.87. The number of alkyl carbamates (subject to hydrolysis) is 1. The van der Waals surface area contributed by atoms with Crippen molar-refractivity contribution in [2.75, 3.05) is 6.61 Å². The minimum absolute atomic E-state index is 0.0926. The lowest BCUT2D eigenvalue weighted by atomic mass is 9.44. The van der Waals surface area contributed by atoms with Gasteiger partial charge in [0.05, 0.1) is 30.2 Å². The van der Waals surface area contributed by atoms with Gasteiger partial charge in [-0.2, -0.15) is 0 Å². The Morgan fingerprint density at radius 2 is 1.65 bits per heavy atom. The predicted molar refractivity (Wildman–Crippen MR) is 220 cm³/mol. The number of carbonyl (C=O) groups is 5. The molecule has 2 heterocycles. The first-order valence-electron chi connectivity index (χ1n) is 21.3. The highest BCUT2D eigenvalue weighted by molar-refractivity contribution is 5.89. The number of aliphatic hydroxyl groups excluding tert-OH is 1. The number of ether oxygens (including phenoxy) is 8. The molecule has 1 amide bonds. The fraction of sp³-hybridized carbons (Fsp3) is 0.674. The lowest BCUT2D eigenvalue weighted by molar-refractivity contribution is -0.405. The van der Waals surface area contributed by atoms with Crippen LogP contribution in [0.25, 0.3) is 0 Å². The van der Waals surface area contributed by atoms with E-state index in [-0.39, 0.29) is 30.9 Å². The number of hydrogen-bond donors (Lipinski definition) is 3. The van der Waals surface area contributed by atoms with Gasteiger partial charge in [-0.05, 0) is 69.4 Å². The zero-order valence-electron chi connectivity index (χ0n) is 37.6. The number of carbonyl (C=O) groups excluding carboxylic acids is 5. The van der Waals surface area contributed by atoms with Gasteiger partial charge in [0.25, 0.3) is 0 Å². The van der Waals surface area contributed by atoms with Gasteiger partial charge in [0, 0.05) is 37.5 Å². The van der Waals surface area contributed by atoms with Gasteiger partial charge in [-0.25, -0.2) is 14.4 Å². The monoisotopic (exact) mass is 869 g/mol. The first-order valence-corrected chi connectivity index (χ1v) is 21.3. The Hall–Kier alpha value is -4.35. The van der Waals surface area contributed by atoms with Crippen LogP contribution in [0.3, 0.4) is 0 Å². The van der Waals surface area contributed by atoms with E-state index in [0.717, 1.165) is 0 Å². The minimum Gasteiger partial charge on any atom is -0.456 e. The Morgan fingerprint density at radius 3 is 2.19 bits per heavy atom. The summed E-state index contributed by atoms with van der Waals surface area (Å²) in [5, 5.41) is 28.1. The zero-order chi connectivity index (χ0) is 45.9. The highest BCUT2D eigenvalue weighted by Crippen LogP contribution is 2.67. The molecule has 2 aliphatic heterocycles. The van der Waals surface area contributed by atoms with E-state index in [1.54, 1.807) is 71.9 Å². The SMILES string of the molecule is C=CC1OC2CC3OCC3(OC(C)=O)C3C(OC(=O)c4ccccc4)C4(O)CC(OC(=O)C(O)C(CC(C)C)NC(=O)OC(C)(C)C)C(C)=C(C(OC(C)=O)C(O1)C23C)C4(C)C. The average molecular weight is 870 g/mol. The summed E-state index contributed by atoms with van der Waals surface area (Å²) in [5.41, 5.74) is -6.65. The van der Waals surface area contributed by atoms with Crippen LogP contribution in [-0.4, -0.2) is 119 Å². The van der Waals surface area contributed by atoms with Gasteiger partial charge in [-0.15, -0.1) is 0 Å². The third-order valence-electron chi connectivity index (χ3n) is 13.4. The lowest BCUT2D eigenvalue weighted by Crippen LogP contribution is -2.83. The zero-order valence-corrected chi connectivity index (χ0v) is 37.6. The van der Waals surface area contributed by atoms with E-state index >= 15 is 0 Å². The van der Waals surface area contributed by atoms with Crippen molar-refractivity contribution in [3.63, 3.8) is 0 Å². The Bertz CT molecular complexity index is 1960. The summed E-state index contributed by atoms with van der Waals surface area (Å²) in [6.45, 7) is 21.9. The first-order chi connectivity index (χ1) is 28.8. The molecule has 1 aromatic carbocycles. The molecule has 16 nitrogen and oxygen atoms in total. The molecule has 0 spiro atoms. The molecule has 2 saturated heterocycles. The summed E-state index contributed by atoms with van der Waals surface area (Å²) < 4.78 is 50.2. The molecule has 3 N–H and O–H groups in total. The standard InChI is InChI=1S/C46H63NO15/c1-13-32-58-30-20-31-45(22-55-31,61-26(6)49)36-38(60-39(51)27-17-15-14-16-18-27)46(54)21-29(57-40(52)34(50)28(19-23(2)3)47-41(53)62-42(7,8)9)24(4)33(43(46,10)11)35(56-25(5)48)37(59-32)44(30,36)12/h13-18,23,28-32,34-38,50,54H,1,19-22H2,2-12H3,(H,47,53). The first kappa shape index (κ1) is 47.1. The van der Waals surface area contributed by atoms with Crippen molar-refractivity contribution in [3.05, 3.63) is 59.7 Å². The van der Waals surface area contributed by atoms with Crippen molar-refractivity contribution in [3.8, 4) is 0 Å². The highest BCUT2D eigenvalue weighted by atomic mass is 16.7. The van der Waals surface area contributed by atoms with Gasteiger partial charge < -0.3 is 53.4 Å². The smallest absolute Gasteiger partial charge is 0.407 e. The van der Waals surface area contributed by atoms with E-state index < -0.39 is 125 Å². The van der Waals surface area contributed by atoms with Gasteiger partial charge in [-0.3, -0.25) is 9.59 Å². The number of benzene rings is 1. The second-order valence-corrected chi connectivity index (χ2v) is 19.5. The number of esters is 4. The summed E-state index contributed by atoms with van der Waals surface area (Å²) in [7, 11) is 0. The molecule has 342 valence electrons. The maximum Gasteiger partial charge on any atom is 0.407 e. The second-order valence-electron chi connectivity index (χ2n) is 19.5. The fourth-order valence-electron chi connectivity index (χ4n) is 10.7. The van der Waals surface area contributed by atoms with Gasteiger partial charge in [0.1, 0.15) is 35.6 Å². The van der Waals surface area contributed by atoms with Crippen molar-refractivity contribution in [1.82, 2.24) is 5.32 Å². The Balaban J connectivity index is 1.57. The molecule has 2 saturated carbocycles. The van der Waals surface area contributed by atoms with Crippen LogP contribution in [0.4, 0.5) is 4.79 Å². The number of hydrogen-bond acceptors (Lipinski definition) is 15. The summed E-state index contributed by atoms with van der Waals surface area (Å²) in [6, 6.07) is 7.04. The number of aliphatic hydroxyl groups is 2. The van der Waals surface area contributed by atoms with Crippen LogP contribution in [0.1, 0.15) is 106 Å². The van der Waals surface area contributed by atoms with Gasteiger partial charge in [0.15, 0.2) is 24.1 Å². The molecule has 3 aliphatic carbocycles. The summed E-state index contributed by atoms with van der Waals surface area (Å²) >= 11 is 0. The van der Waals surface area contributed by atoms with E-state index in [1.165, 1.54) is 19.9 Å². The van der Waals surface area contributed by atoms with Crippen LogP contribution in [0.15, 0.2) is 54.1 Å². The third kappa shape index (κ3) is 8.28. The normalized spacial score (nSPS) is 35.5. The molecule has 13 unspecified atom stereocenters. The molecular weight excluding hydrogens is 806 g/mol. The molecule has 0 radical (unpaired) electrons. The van der Waals surface area contributed by atoms with Crippen LogP contribution in [0.5, 0.6) is 0 Å². The van der Waals surface area contributed by atoms with E-state index in [4.69, 9.17) is 37.9 Å². The van der Waals surface area contributed by atoms with E-state index in [2.05, 4.69) is 11.9 Å². The molecule has 16 heteroatoms. The Kier molecular flexibility index (Phi) is 12.9. The van der Waals surface area contributed by atoms with Crippen molar-refractivity contribution in [1.29, 1.82) is 0 Å². The minimum atomic E-state index is -2.23. The van der Waals surface area contributed by atoms with Gasteiger partial charge >= 0.3 is 30.0 Å².